The third-order valence-corrected chi connectivity index (χ3v) is 9.26. The molecule has 0 bridgehead atoms. The van der Waals surface area contributed by atoms with E-state index >= 15 is 0 Å². The molecule has 3 amide bonds. The summed E-state index contributed by atoms with van der Waals surface area (Å²) in [4.78, 5) is 56.9. The zero-order chi connectivity index (χ0) is 33.9. The van der Waals surface area contributed by atoms with Gasteiger partial charge in [0, 0.05) is 21.5 Å². The summed E-state index contributed by atoms with van der Waals surface area (Å²) in [5.41, 5.74) is 2.31. The number of hydrogen-bond donors (Lipinski definition) is 3. The molecule has 11 heteroatoms. The first-order valence-corrected chi connectivity index (χ1v) is 17.1. The van der Waals surface area contributed by atoms with Crippen molar-refractivity contribution in [2.75, 3.05) is 17.2 Å². The first-order chi connectivity index (χ1) is 23.3. The lowest BCUT2D eigenvalue weighted by molar-refractivity contribution is -0.142. The molecular weight excluding hydrogens is 645 g/mol. The molecule has 48 heavy (non-hydrogen) atoms. The van der Waals surface area contributed by atoms with Crippen LogP contribution < -0.4 is 16.0 Å². The van der Waals surface area contributed by atoms with E-state index in [4.69, 9.17) is 4.74 Å². The number of carbonyl (C=O) groups excluding carboxylic acids is 4. The van der Waals surface area contributed by atoms with Gasteiger partial charge in [-0.1, -0.05) is 73.7 Å². The Bertz CT molecular complexity index is 1950. The third-order valence-electron chi connectivity index (χ3n) is 7.10. The number of amides is 3. The summed E-state index contributed by atoms with van der Waals surface area (Å²) in [6.07, 6.45) is 2.25. The number of nitrogens with one attached hydrogen (secondary N) is 3. The summed E-state index contributed by atoms with van der Waals surface area (Å²) in [6, 6.07) is 29.5. The lowest BCUT2D eigenvalue weighted by Crippen LogP contribution is -2.30. The first-order valence-electron chi connectivity index (χ1n) is 15.4. The topological polar surface area (TPSA) is 126 Å². The van der Waals surface area contributed by atoms with Gasteiger partial charge in [-0.05, 0) is 66.1 Å². The number of thiazole rings is 1. The summed E-state index contributed by atoms with van der Waals surface area (Å²) in [7, 11) is 0. The monoisotopic (exact) mass is 678 g/mol. The van der Waals surface area contributed by atoms with Crippen LogP contribution in [0.1, 0.15) is 41.9 Å². The van der Waals surface area contributed by atoms with E-state index in [1.54, 1.807) is 60.8 Å². The summed E-state index contributed by atoms with van der Waals surface area (Å²) in [5, 5.41) is 12.2. The molecule has 0 saturated carbocycles. The zero-order valence-electron chi connectivity index (χ0n) is 26.4. The Morgan fingerprint density at radius 2 is 1.65 bits per heavy atom. The number of benzene rings is 4. The average molecular weight is 679 g/mol. The minimum Gasteiger partial charge on any atom is -0.466 e. The molecule has 0 fully saturated rings. The molecule has 244 valence electrons. The van der Waals surface area contributed by atoms with Crippen molar-refractivity contribution in [2.45, 2.75) is 36.8 Å². The number of carbonyl (C=O) groups is 4. The highest BCUT2D eigenvalue weighted by molar-refractivity contribution is 8.00. The molecule has 0 radical (unpaired) electrons. The van der Waals surface area contributed by atoms with Crippen LogP contribution in [0.4, 0.5) is 10.8 Å². The predicted octanol–water partition coefficient (Wildman–Crippen LogP) is 7.32. The Labute approximate surface area is 286 Å². The van der Waals surface area contributed by atoms with Gasteiger partial charge < -0.3 is 20.7 Å². The van der Waals surface area contributed by atoms with Crippen LogP contribution in [0.15, 0.2) is 113 Å². The Balaban J connectivity index is 1.31. The van der Waals surface area contributed by atoms with Crippen molar-refractivity contribution in [1.82, 2.24) is 10.3 Å². The number of aromatic nitrogens is 1. The molecule has 0 aliphatic rings. The van der Waals surface area contributed by atoms with Crippen molar-refractivity contribution in [3.05, 3.63) is 125 Å². The fourth-order valence-corrected chi connectivity index (χ4v) is 6.52. The Morgan fingerprint density at radius 1 is 0.896 bits per heavy atom. The van der Waals surface area contributed by atoms with Gasteiger partial charge in [0.15, 0.2) is 5.13 Å². The molecular formula is C37H34N4O5S2. The van der Waals surface area contributed by atoms with E-state index in [2.05, 4.69) is 20.9 Å². The van der Waals surface area contributed by atoms with E-state index < -0.39 is 17.1 Å². The van der Waals surface area contributed by atoms with Gasteiger partial charge in [0.1, 0.15) is 5.70 Å². The molecule has 0 aliphatic carbocycles. The second-order valence-corrected chi connectivity index (χ2v) is 12.7. The minimum absolute atomic E-state index is 0.0411. The largest absolute Gasteiger partial charge is 0.466 e. The van der Waals surface area contributed by atoms with Gasteiger partial charge in [0.2, 0.25) is 5.91 Å². The Morgan fingerprint density at radius 3 is 2.44 bits per heavy atom. The number of esters is 1. The van der Waals surface area contributed by atoms with E-state index in [0.29, 0.717) is 35.1 Å². The maximum atomic E-state index is 13.7. The SMILES string of the molecule is CCOC(=O)Cc1csc(NC(=O)C(CC)Sc2cccc(NC(=O)/C(=C\c3cccc4ccccc34)NC(=O)c3ccccc3)c2)n1. The highest BCUT2D eigenvalue weighted by Gasteiger charge is 2.21. The van der Waals surface area contributed by atoms with Gasteiger partial charge in [-0.3, -0.25) is 19.2 Å². The lowest BCUT2D eigenvalue weighted by Gasteiger charge is -2.15. The van der Waals surface area contributed by atoms with Gasteiger partial charge in [-0.25, -0.2) is 4.98 Å². The molecule has 9 nitrogen and oxygen atoms in total. The number of fused-ring (bicyclic) bond motifs is 1. The molecule has 1 heterocycles. The van der Waals surface area contributed by atoms with E-state index in [-0.39, 0.29) is 24.0 Å². The van der Waals surface area contributed by atoms with Crippen LogP contribution in [0, 0.1) is 0 Å². The molecule has 5 aromatic rings. The normalized spacial score (nSPS) is 11.8. The fraction of sp³-hybridized carbons (Fsp3) is 0.162. The van der Waals surface area contributed by atoms with Gasteiger partial charge >= 0.3 is 5.97 Å². The van der Waals surface area contributed by atoms with Crippen molar-refractivity contribution < 1.29 is 23.9 Å². The van der Waals surface area contributed by atoms with Crippen LogP contribution in [0.25, 0.3) is 16.8 Å². The van der Waals surface area contributed by atoms with Gasteiger partial charge in [-0.2, -0.15) is 0 Å². The smallest absolute Gasteiger partial charge is 0.311 e. The van der Waals surface area contributed by atoms with Crippen molar-refractivity contribution in [1.29, 1.82) is 0 Å². The summed E-state index contributed by atoms with van der Waals surface area (Å²) in [6.45, 7) is 3.95. The van der Waals surface area contributed by atoms with Crippen LogP contribution in [0.3, 0.4) is 0 Å². The first kappa shape index (κ1) is 34.1. The Hall–Kier alpha value is -5.26. The number of hydrogen-bond acceptors (Lipinski definition) is 8. The highest BCUT2D eigenvalue weighted by atomic mass is 32.2. The molecule has 3 N–H and O–H groups in total. The van der Waals surface area contributed by atoms with Crippen LogP contribution in [-0.4, -0.2) is 40.5 Å². The van der Waals surface area contributed by atoms with E-state index in [1.807, 2.05) is 61.5 Å². The number of thioether (sulfide) groups is 1. The summed E-state index contributed by atoms with van der Waals surface area (Å²) in [5.74, 6) is -1.50. The summed E-state index contributed by atoms with van der Waals surface area (Å²) >= 11 is 2.60. The van der Waals surface area contributed by atoms with E-state index in [1.165, 1.54) is 23.1 Å². The third kappa shape index (κ3) is 9.18. The quantitative estimate of drug-likeness (QED) is 0.0677. The molecule has 1 aromatic heterocycles. The second-order valence-electron chi connectivity index (χ2n) is 10.6. The highest BCUT2D eigenvalue weighted by Crippen LogP contribution is 2.29. The molecule has 0 aliphatic heterocycles. The fourth-order valence-electron chi connectivity index (χ4n) is 4.80. The van der Waals surface area contributed by atoms with Crippen LogP contribution in [-0.2, 0) is 25.5 Å². The maximum Gasteiger partial charge on any atom is 0.311 e. The molecule has 5 rings (SSSR count). The molecule has 0 saturated heterocycles. The number of anilines is 2. The molecule has 4 aromatic carbocycles. The van der Waals surface area contributed by atoms with Gasteiger partial charge in [0.05, 0.1) is 24.0 Å². The Kier molecular flexibility index (Phi) is 11.7. The average Bonchev–Trinajstić information content (AvgIpc) is 3.53. The predicted molar refractivity (Wildman–Crippen MR) is 192 cm³/mol. The van der Waals surface area contributed by atoms with Crippen molar-refractivity contribution >= 4 is 74.5 Å². The van der Waals surface area contributed by atoms with Gasteiger partial charge in [-0.15, -0.1) is 23.1 Å². The van der Waals surface area contributed by atoms with E-state index in [9.17, 15) is 19.2 Å². The minimum atomic E-state index is -0.499. The number of nitrogens with zero attached hydrogens (tertiary/aromatic N) is 1. The number of rotatable bonds is 13. The molecule has 1 atom stereocenters. The van der Waals surface area contributed by atoms with Crippen LogP contribution >= 0.6 is 23.1 Å². The van der Waals surface area contributed by atoms with Crippen LogP contribution in [0.5, 0.6) is 0 Å². The van der Waals surface area contributed by atoms with Crippen molar-refractivity contribution in [3.8, 4) is 0 Å². The molecule has 0 spiro atoms. The zero-order valence-corrected chi connectivity index (χ0v) is 28.0. The lowest BCUT2D eigenvalue weighted by atomic mass is 10.0. The van der Waals surface area contributed by atoms with Crippen molar-refractivity contribution in [2.24, 2.45) is 0 Å². The second kappa shape index (κ2) is 16.5. The molecule has 1 unspecified atom stereocenters. The maximum absolute atomic E-state index is 13.7. The van der Waals surface area contributed by atoms with E-state index in [0.717, 1.165) is 21.2 Å². The number of ether oxygens (including phenoxy) is 1. The van der Waals surface area contributed by atoms with Gasteiger partial charge in [0.25, 0.3) is 11.8 Å². The van der Waals surface area contributed by atoms with Crippen molar-refractivity contribution in [3.63, 3.8) is 0 Å². The van der Waals surface area contributed by atoms with Crippen LogP contribution in [0.2, 0.25) is 0 Å². The summed E-state index contributed by atoms with van der Waals surface area (Å²) < 4.78 is 4.97. The standard InChI is InChI=1S/C37H34N4O5S2/c1-3-32(36(45)41-37-39-28(23-47-37)22-33(42)46-4-2)48-29-18-11-17-27(21-29)38-35(44)31(40-34(43)25-13-6-5-7-14-25)20-26-16-10-15-24-12-8-9-19-30(24)26/h5-21,23,32H,3-4,22H2,1-2H3,(H,38,44)(H,40,43)(H,39,41,45)/b31-20+.